The van der Waals surface area contributed by atoms with Crippen molar-refractivity contribution in [2.24, 2.45) is 5.92 Å². The normalized spacial score (nSPS) is 24.5. The number of rotatable bonds is 2. The van der Waals surface area contributed by atoms with Crippen LogP contribution in [0.4, 0.5) is 5.82 Å². The second-order valence-electron chi connectivity index (χ2n) is 4.98. The fraction of sp³-hybridized carbons (Fsp3) is 0.538. The largest absolute Gasteiger partial charge is 0.382 e. The molecule has 1 aliphatic rings. The Hall–Kier alpha value is -1.58. The van der Waals surface area contributed by atoms with E-state index in [2.05, 4.69) is 23.1 Å². The van der Waals surface area contributed by atoms with Crippen LogP contribution in [0.1, 0.15) is 44.2 Å². The molecule has 2 N–H and O–H groups in total. The Kier molecular flexibility index (Phi) is 2.50. The quantitative estimate of drug-likeness (QED) is 0.862. The first-order valence-electron chi connectivity index (χ1n) is 6.37. The van der Waals surface area contributed by atoms with E-state index in [-0.39, 0.29) is 0 Å². The molecule has 0 spiro atoms. The minimum Gasteiger partial charge on any atom is -0.382 e. The van der Waals surface area contributed by atoms with Crippen molar-refractivity contribution in [3.8, 4) is 0 Å². The van der Waals surface area contributed by atoms with Gasteiger partial charge in [-0.15, -0.1) is 0 Å². The van der Waals surface area contributed by atoms with Gasteiger partial charge in [-0.05, 0) is 37.3 Å². The molecule has 0 saturated heterocycles. The van der Waals surface area contributed by atoms with Crippen molar-refractivity contribution < 1.29 is 0 Å². The van der Waals surface area contributed by atoms with E-state index in [0.717, 1.165) is 11.4 Å². The van der Waals surface area contributed by atoms with Gasteiger partial charge in [-0.2, -0.15) is 5.10 Å². The van der Waals surface area contributed by atoms with Crippen LogP contribution in [0.25, 0.3) is 5.52 Å². The van der Waals surface area contributed by atoms with Crippen molar-refractivity contribution in [2.45, 2.75) is 38.5 Å². The van der Waals surface area contributed by atoms with Crippen LogP contribution in [-0.2, 0) is 0 Å². The van der Waals surface area contributed by atoms with Gasteiger partial charge in [0.2, 0.25) is 0 Å². The van der Waals surface area contributed by atoms with Gasteiger partial charge in [0, 0.05) is 11.6 Å². The van der Waals surface area contributed by atoms with Crippen molar-refractivity contribution in [1.82, 2.24) is 14.6 Å². The van der Waals surface area contributed by atoms with Crippen molar-refractivity contribution in [1.29, 1.82) is 0 Å². The first-order chi connectivity index (χ1) is 8.29. The highest BCUT2D eigenvalue weighted by Gasteiger charge is 2.26. The lowest BCUT2D eigenvalue weighted by molar-refractivity contribution is 0.517. The maximum absolute atomic E-state index is 5.85. The summed E-state index contributed by atoms with van der Waals surface area (Å²) >= 11 is 0. The van der Waals surface area contributed by atoms with E-state index < -0.39 is 0 Å². The predicted molar refractivity (Wildman–Crippen MR) is 67.8 cm³/mol. The fourth-order valence-corrected chi connectivity index (χ4v) is 3.00. The van der Waals surface area contributed by atoms with E-state index in [0.29, 0.717) is 11.7 Å². The number of nitrogens with zero attached hydrogens (tertiary/aromatic N) is 3. The van der Waals surface area contributed by atoms with Crippen LogP contribution in [0.5, 0.6) is 0 Å². The molecule has 0 aliphatic heterocycles. The molecule has 90 valence electrons. The lowest BCUT2D eigenvalue weighted by atomic mass is 10.0. The molecule has 1 aliphatic carbocycles. The topological polar surface area (TPSA) is 56.2 Å². The third-order valence-corrected chi connectivity index (χ3v) is 4.05. The first kappa shape index (κ1) is 10.6. The van der Waals surface area contributed by atoms with E-state index in [1.54, 1.807) is 0 Å². The van der Waals surface area contributed by atoms with Crippen LogP contribution in [0, 0.1) is 5.92 Å². The molecule has 2 atom stereocenters. The van der Waals surface area contributed by atoms with Crippen LogP contribution in [0.15, 0.2) is 18.5 Å². The molecule has 17 heavy (non-hydrogen) atoms. The number of nitrogens with two attached hydrogens (primary N) is 1. The number of anilines is 1. The number of nitrogen functional groups attached to an aromatic ring is 1. The number of fused-ring (bicyclic) bond motifs is 1. The molecule has 2 heterocycles. The molecule has 2 unspecified atom stereocenters. The standard InChI is InChI=1S/C13H18N4/c1-2-9-3-4-10(7-9)11-5-6-12-13(14)15-8-16-17(11)12/h5-6,8-10H,2-4,7H2,1H3,(H2,14,15,16). The predicted octanol–water partition coefficient (Wildman–Crippen LogP) is 2.61. The van der Waals surface area contributed by atoms with Crippen LogP contribution in [0.2, 0.25) is 0 Å². The average Bonchev–Trinajstić information content (AvgIpc) is 2.94. The number of aromatic nitrogens is 3. The van der Waals surface area contributed by atoms with E-state index in [9.17, 15) is 0 Å². The highest BCUT2D eigenvalue weighted by molar-refractivity contribution is 5.65. The van der Waals surface area contributed by atoms with Crippen molar-refractivity contribution in [3.63, 3.8) is 0 Å². The van der Waals surface area contributed by atoms with E-state index in [4.69, 9.17) is 5.73 Å². The van der Waals surface area contributed by atoms with E-state index >= 15 is 0 Å². The van der Waals surface area contributed by atoms with Crippen molar-refractivity contribution in [3.05, 3.63) is 24.2 Å². The van der Waals surface area contributed by atoms with Gasteiger partial charge in [0.25, 0.3) is 0 Å². The second kappa shape index (κ2) is 4.02. The SMILES string of the molecule is CCC1CCC(c2ccc3c(N)ncnn23)C1. The van der Waals surface area contributed by atoms with Crippen LogP contribution >= 0.6 is 0 Å². The van der Waals surface area contributed by atoms with Gasteiger partial charge >= 0.3 is 0 Å². The first-order valence-corrected chi connectivity index (χ1v) is 6.37. The maximum atomic E-state index is 5.85. The van der Waals surface area contributed by atoms with Gasteiger partial charge < -0.3 is 5.73 Å². The van der Waals surface area contributed by atoms with Gasteiger partial charge in [-0.1, -0.05) is 13.3 Å². The number of hydrogen-bond donors (Lipinski definition) is 1. The van der Waals surface area contributed by atoms with Crippen molar-refractivity contribution in [2.75, 3.05) is 5.73 Å². The van der Waals surface area contributed by atoms with Gasteiger partial charge in [0.15, 0.2) is 5.82 Å². The third-order valence-electron chi connectivity index (χ3n) is 4.05. The summed E-state index contributed by atoms with van der Waals surface area (Å²) in [5.74, 6) is 2.08. The number of hydrogen-bond acceptors (Lipinski definition) is 3. The minimum absolute atomic E-state index is 0.566. The summed E-state index contributed by atoms with van der Waals surface area (Å²) in [7, 11) is 0. The molecule has 4 heteroatoms. The Morgan fingerprint density at radius 1 is 1.41 bits per heavy atom. The lowest BCUT2D eigenvalue weighted by Gasteiger charge is -2.10. The molecule has 3 rings (SSSR count). The summed E-state index contributed by atoms with van der Waals surface area (Å²) in [6.45, 7) is 2.28. The highest BCUT2D eigenvalue weighted by Crippen LogP contribution is 2.40. The zero-order valence-corrected chi connectivity index (χ0v) is 10.1. The van der Waals surface area contributed by atoms with Gasteiger partial charge in [-0.25, -0.2) is 9.50 Å². The molecule has 0 radical (unpaired) electrons. The third kappa shape index (κ3) is 1.68. The van der Waals surface area contributed by atoms with Gasteiger partial charge in [-0.3, -0.25) is 0 Å². The van der Waals surface area contributed by atoms with Crippen LogP contribution < -0.4 is 5.73 Å². The lowest BCUT2D eigenvalue weighted by Crippen LogP contribution is -2.04. The summed E-state index contributed by atoms with van der Waals surface area (Å²) in [5.41, 5.74) is 8.08. The Morgan fingerprint density at radius 2 is 2.29 bits per heavy atom. The Labute approximate surface area is 101 Å². The molecule has 4 nitrogen and oxygen atoms in total. The summed E-state index contributed by atoms with van der Waals surface area (Å²) < 4.78 is 1.96. The van der Waals surface area contributed by atoms with Gasteiger partial charge in [0.05, 0.1) is 0 Å². The Morgan fingerprint density at radius 3 is 3.06 bits per heavy atom. The minimum atomic E-state index is 0.566. The average molecular weight is 230 g/mol. The molecule has 2 aromatic heterocycles. The molecule has 0 aromatic carbocycles. The van der Waals surface area contributed by atoms with Crippen LogP contribution in [-0.4, -0.2) is 14.6 Å². The van der Waals surface area contributed by atoms with E-state index in [1.165, 1.54) is 37.7 Å². The summed E-state index contributed by atoms with van der Waals surface area (Å²) in [6, 6.07) is 4.19. The maximum Gasteiger partial charge on any atom is 0.151 e. The highest BCUT2D eigenvalue weighted by atomic mass is 15.3. The Balaban J connectivity index is 1.99. The fourth-order valence-electron chi connectivity index (χ4n) is 3.00. The zero-order chi connectivity index (χ0) is 11.8. The summed E-state index contributed by atoms with van der Waals surface area (Å²) in [5, 5.41) is 4.32. The molecular formula is C13H18N4. The van der Waals surface area contributed by atoms with Crippen LogP contribution in [0.3, 0.4) is 0 Å². The monoisotopic (exact) mass is 230 g/mol. The molecule has 1 fully saturated rings. The summed E-state index contributed by atoms with van der Waals surface area (Å²) in [6.07, 6.45) is 6.73. The Bertz CT molecular complexity index is 531. The molecular weight excluding hydrogens is 212 g/mol. The van der Waals surface area contributed by atoms with E-state index in [1.807, 2.05) is 10.6 Å². The smallest absolute Gasteiger partial charge is 0.151 e. The zero-order valence-electron chi connectivity index (χ0n) is 10.1. The molecule has 0 bridgehead atoms. The summed E-state index contributed by atoms with van der Waals surface area (Å²) in [4.78, 5) is 4.02. The van der Waals surface area contributed by atoms with Gasteiger partial charge in [0.1, 0.15) is 11.8 Å². The molecule has 1 saturated carbocycles. The molecule has 0 amide bonds. The second-order valence-corrected chi connectivity index (χ2v) is 4.98. The molecule has 2 aromatic rings. The van der Waals surface area contributed by atoms with Crippen molar-refractivity contribution >= 4 is 11.3 Å².